The molecule has 0 fully saturated rings. The van der Waals surface area contributed by atoms with Crippen molar-refractivity contribution < 1.29 is 28.6 Å². The number of carbonyl (C=O) groups excluding carboxylic acids is 2. The van der Waals surface area contributed by atoms with Crippen LogP contribution in [0.1, 0.15) is 80.8 Å². The molecule has 0 aliphatic carbocycles. The van der Waals surface area contributed by atoms with Gasteiger partial charge in [0.15, 0.2) is 10.8 Å². The fourth-order valence-corrected chi connectivity index (χ4v) is 4.68. The molecule has 0 radical (unpaired) electrons. The van der Waals surface area contributed by atoms with Gasteiger partial charge in [0.2, 0.25) is 0 Å². The SMILES string of the molecule is COC(=O)N=CCCCC(C)c1cc(O)c(C(=O)C(C)C(C)Cc2ccc(OC(C)C)s2)c(=O)o1. The number of ketones is 1. The van der Waals surface area contributed by atoms with Gasteiger partial charge >= 0.3 is 11.7 Å². The van der Waals surface area contributed by atoms with Gasteiger partial charge < -0.3 is 19.0 Å². The molecule has 2 aromatic heterocycles. The Hall–Kier alpha value is -2.94. The standard InChI is InChI=1S/C26H35NO7S/c1-15(2)33-22-11-10-19(35-22)13-17(4)18(5)24(29)23-20(28)14-21(34-25(23)30)16(3)9-7-8-12-27-26(31)32-6/h10-12,14-18,28H,7-9,13H2,1-6H3. The second kappa shape index (κ2) is 13.2. The van der Waals surface area contributed by atoms with Crippen molar-refractivity contribution in [1.82, 2.24) is 0 Å². The fourth-order valence-electron chi connectivity index (χ4n) is 3.56. The minimum Gasteiger partial charge on any atom is -0.507 e. The Morgan fingerprint density at radius 3 is 2.54 bits per heavy atom. The molecule has 0 spiro atoms. The number of unbranched alkanes of at least 4 members (excludes halogenated alkanes) is 1. The van der Waals surface area contributed by atoms with Crippen LogP contribution in [0.2, 0.25) is 0 Å². The van der Waals surface area contributed by atoms with Gasteiger partial charge in [-0.05, 0) is 57.6 Å². The molecule has 1 N–H and O–H groups in total. The highest BCUT2D eigenvalue weighted by Crippen LogP contribution is 2.31. The number of hydrogen-bond acceptors (Lipinski definition) is 8. The van der Waals surface area contributed by atoms with Crippen LogP contribution in [-0.2, 0) is 11.2 Å². The van der Waals surface area contributed by atoms with E-state index in [1.807, 2.05) is 39.8 Å². The number of ether oxygens (including phenoxy) is 2. The Kier molecular flexibility index (Phi) is 10.7. The molecule has 192 valence electrons. The van der Waals surface area contributed by atoms with Gasteiger partial charge in [0.05, 0.1) is 13.2 Å². The molecule has 3 unspecified atom stereocenters. The summed E-state index contributed by atoms with van der Waals surface area (Å²) in [6, 6.07) is 5.26. The van der Waals surface area contributed by atoms with E-state index in [4.69, 9.17) is 9.15 Å². The van der Waals surface area contributed by atoms with Crippen molar-refractivity contribution in [2.75, 3.05) is 7.11 Å². The van der Waals surface area contributed by atoms with E-state index in [-0.39, 0.29) is 29.3 Å². The summed E-state index contributed by atoms with van der Waals surface area (Å²) in [6.45, 7) is 9.51. The number of methoxy groups -OCH3 is 1. The van der Waals surface area contributed by atoms with Crippen molar-refractivity contribution in [1.29, 1.82) is 0 Å². The summed E-state index contributed by atoms with van der Waals surface area (Å²) in [5.74, 6) is -1.19. The lowest BCUT2D eigenvalue weighted by Gasteiger charge is -2.18. The molecule has 1 amide bonds. The zero-order chi connectivity index (χ0) is 26.1. The smallest absolute Gasteiger partial charge is 0.432 e. The van der Waals surface area contributed by atoms with E-state index in [2.05, 4.69) is 9.73 Å². The molecule has 0 aromatic carbocycles. The molecule has 3 atom stereocenters. The Balaban J connectivity index is 2.02. The molecular weight excluding hydrogens is 470 g/mol. The third-order valence-electron chi connectivity index (χ3n) is 5.80. The van der Waals surface area contributed by atoms with Gasteiger partial charge in [-0.3, -0.25) is 4.79 Å². The second-order valence-electron chi connectivity index (χ2n) is 9.03. The van der Waals surface area contributed by atoms with Crippen molar-refractivity contribution in [3.8, 4) is 10.8 Å². The van der Waals surface area contributed by atoms with E-state index < -0.39 is 23.4 Å². The zero-order valence-electron chi connectivity index (χ0n) is 21.2. The molecule has 0 aliphatic heterocycles. The van der Waals surface area contributed by atoms with Crippen LogP contribution in [0, 0.1) is 11.8 Å². The van der Waals surface area contributed by atoms with Gasteiger partial charge in [0.25, 0.3) is 0 Å². The minimum atomic E-state index is -0.827. The van der Waals surface area contributed by atoms with Crippen LogP contribution < -0.4 is 10.4 Å². The maximum absolute atomic E-state index is 13.1. The topological polar surface area (TPSA) is 115 Å². The summed E-state index contributed by atoms with van der Waals surface area (Å²) in [4.78, 5) is 41.4. The third kappa shape index (κ3) is 8.35. The maximum atomic E-state index is 13.1. The van der Waals surface area contributed by atoms with Crippen LogP contribution in [-0.4, -0.2) is 36.4 Å². The van der Waals surface area contributed by atoms with E-state index in [0.717, 1.165) is 9.94 Å². The first-order valence-electron chi connectivity index (χ1n) is 11.8. The Labute approximate surface area is 210 Å². The fraction of sp³-hybridized carbons (Fsp3) is 0.538. The van der Waals surface area contributed by atoms with E-state index in [9.17, 15) is 19.5 Å². The maximum Gasteiger partial charge on any atom is 0.432 e. The summed E-state index contributed by atoms with van der Waals surface area (Å²) in [5, 5.41) is 11.4. The summed E-state index contributed by atoms with van der Waals surface area (Å²) < 4.78 is 15.6. The number of amides is 1. The molecule has 35 heavy (non-hydrogen) atoms. The van der Waals surface area contributed by atoms with E-state index in [1.165, 1.54) is 19.4 Å². The van der Waals surface area contributed by atoms with Gasteiger partial charge in [-0.1, -0.05) is 20.8 Å². The van der Waals surface area contributed by atoms with Crippen LogP contribution in [0.3, 0.4) is 0 Å². The van der Waals surface area contributed by atoms with Crippen LogP contribution >= 0.6 is 11.3 Å². The summed E-state index contributed by atoms with van der Waals surface area (Å²) >= 11 is 1.54. The molecule has 2 heterocycles. The number of rotatable bonds is 12. The molecule has 0 saturated carbocycles. The monoisotopic (exact) mass is 505 g/mol. The van der Waals surface area contributed by atoms with Gasteiger partial charge in [0.1, 0.15) is 17.1 Å². The number of Topliss-reactive ketones (excluding diaryl/α,β-unsaturated/α-hetero) is 1. The highest BCUT2D eigenvalue weighted by atomic mass is 32.1. The number of aliphatic imine (C=N–C) groups is 1. The number of nitrogens with zero attached hydrogens (tertiary/aromatic N) is 1. The van der Waals surface area contributed by atoms with E-state index in [0.29, 0.717) is 31.4 Å². The van der Waals surface area contributed by atoms with E-state index in [1.54, 1.807) is 18.3 Å². The lowest BCUT2D eigenvalue weighted by molar-refractivity contribution is 0.0885. The number of thiophene rings is 1. The summed E-state index contributed by atoms with van der Waals surface area (Å²) in [6.07, 6.45) is 3.44. The Bertz CT molecular complexity index is 1090. The highest BCUT2D eigenvalue weighted by Gasteiger charge is 2.28. The average Bonchev–Trinajstić information content (AvgIpc) is 3.22. The molecule has 8 nitrogen and oxygen atoms in total. The first-order valence-corrected chi connectivity index (χ1v) is 12.6. The molecule has 2 aromatic rings. The Morgan fingerprint density at radius 2 is 1.91 bits per heavy atom. The molecule has 0 aliphatic rings. The zero-order valence-corrected chi connectivity index (χ0v) is 22.0. The quantitative estimate of drug-likeness (QED) is 0.214. The first kappa shape index (κ1) is 28.3. The number of carbonyl (C=O) groups is 2. The average molecular weight is 506 g/mol. The largest absolute Gasteiger partial charge is 0.507 e. The van der Waals surface area contributed by atoms with Gasteiger partial charge in [-0.15, -0.1) is 11.3 Å². The van der Waals surface area contributed by atoms with Crippen molar-refractivity contribution in [2.45, 2.75) is 72.3 Å². The molecule has 2 rings (SSSR count). The number of hydrogen-bond donors (Lipinski definition) is 1. The molecule has 0 bridgehead atoms. The second-order valence-corrected chi connectivity index (χ2v) is 10.2. The predicted octanol–water partition coefficient (Wildman–Crippen LogP) is 6.00. The number of aromatic hydroxyl groups is 1. The van der Waals surface area contributed by atoms with Crippen LogP contribution in [0.5, 0.6) is 10.8 Å². The first-order chi connectivity index (χ1) is 16.5. The van der Waals surface area contributed by atoms with Crippen molar-refractivity contribution in [2.24, 2.45) is 16.8 Å². The predicted molar refractivity (Wildman–Crippen MR) is 136 cm³/mol. The summed E-state index contributed by atoms with van der Waals surface area (Å²) in [5.41, 5.74) is -1.13. The minimum absolute atomic E-state index is 0.0582. The lowest BCUT2D eigenvalue weighted by Crippen LogP contribution is -2.26. The third-order valence-corrected chi connectivity index (χ3v) is 6.80. The van der Waals surface area contributed by atoms with Gasteiger partial charge in [-0.2, -0.15) is 4.99 Å². The van der Waals surface area contributed by atoms with Crippen LogP contribution in [0.15, 0.2) is 32.4 Å². The van der Waals surface area contributed by atoms with Gasteiger partial charge in [0, 0.05) is 29.0 Å². The highest BCUT2D eigenvalue weighted by molar-refractivity contribution is 7.13. The van der Waals surface area contributed by atoms with Crippen molar-refractivity contribution in [3.05, 3.63) is 44.8 Å². The summed E-state index contributed by atoms with van der Waals surface area (Å²) in [7, 11) is 1.26. The molecular formula is C26H35NO7S. The van der Waals surface area contributed by atoms with Crippen LogP contribution in [0.4, 0.5) is 4.79 Å². The van der Waals surface area contributed by atoms with Crippen molar-refractivity contribution in [3.63, 3.8) is 0 Å². The lowest BCUT2D eigenvalue weighted by atomic mass is 9.86. The Morgan fingerprint density at radius 1 is 1.20 bits per heavy atom. The molecule has 9 heteroatoms. The van der Waals surface area contributed by atoms with Gasteiger partial charge in [-0.25, -0.2) is 9.59 Å². The van der Waals surface area contributed by atoms with E-state index >= 15 is 0 Å². The molecule has 0 saturated heterocycles. The normalized spacial score (nSPS) is 14.1. The van der Waals surface area contributed by atoms with Crippen molar-refractivity contribution >= 4 is 29.4 Å². The van der Waals surface area contributed by atoms with Crippen LogP contribution in [0.25, 0.3) is 0 Å².